The highest BCUT2D eigenvalue weighted by Gasteiger charge is 2.44. The van der Waals surface area contributed by atoms with Crippen molar-refractivity contribution in [1.29, 1.82) is 5.26 Å². The van der Waals surface area contributed by atoms with Crippen molar-refractivity contribution in [2.75, 3.05) is 4.81 Å². The molecule has 0 spiro atoms. The number of rotatable bonds is 1. The molecular formula is C26H14BN3O. The Balaban J connectivity index is 1.56. The zero-order valence-electron chi connectivity index (χ0n) is 16.4. The van der Waals surface area contributed by atoms with Gasteiger partial charge in [-0.15, -0.1) is 0 Å². The summed E-state index contributed by atoms with van der Waals surface area (Å²) < 4.78 is 6.36. The number of nitriles is 1. The van der Waals surface area contributed by atoms with E-state index in [2.05, 4.69) is 46.1 Å². The molecule has 0 aliphatic carbocycles. The standard InChI is InChI=1S/C26H14BN3O/c1-29-20-13-17(16-28)12-19(14-20)18-10-11-23-22(15-18)21-6-2-3-7-24(21)30-25-8-4-5-9-26(25)31-27(23)30/h2-15H. The molecule has 4 aromatic rings. The summed E-state index contributed by atoms with van der Waals surface area (Å²) in [6, 6.07) is 30.2. The van der Waals surface area contributed by atoms with E-state index in [9.17, 15) is 5.26 Å². The minimum Gasteiger partial charge on any atom is -0.536 e. The summed E-state index contributed by atoms with van der Waals surface area (Å²) in [7, 11) is -0.222. The molecule has 0 saturated carbocycles. The predicted octanol–water partition coefficient (Wildman–Crippen LogP) is 5.68. The van der Waals surface area contributed by atoms with Gasteiger partial charge in [-0.3, -0.25) is 0 Å². The number of hydrogen-bond donors (Lipinski definition) is 0. The first-order valence-corrected chi connectivity index (χ1v) is 9.98. The highest BCUT2D eigenvalue weighted by Crippen LogP contribution is 2.47. The minimum absolute atomic E-state index is 0.222. The largest absolute Gasteiger partial charge is 0.536 e. The third-order valence-electron chi connectivity index (χ3n) is 5.88. The molecule has 31 heavy (non-hydrogen) atoms. The number of para-hydroxylation sites is 3. The first-order chi connectivity index (χ1) is 15.3. The normalized spacial score (nSPS) is 12.6. The molecule has 0 radical (unpaired) electrons. The van der Waals surface area contributed by atoms with Crippen LogP contribution in [0.15, 0.2) is 84.9 Å². The van der Waals surface area contributed by atoms with Crippen molar-refractivity contribution in [2.24, 2.45) is 0 Å². The number of benzene rings is 4. The molecule has 0 amide bonds. The molecule has 0 N–H and O–H groups in total. The maximum absolute atomic E-state index is 9.36. The van der Waals surface area contributed by atoms with Crippen LogP contribution in [0, 0.1) is 17.9 Å². The molecule has 0 unspecified atom stereocenters. The van der Waals surface area contributed by atoms with Crippen molar-refractivity contribution < 1.29 is 4.65 Å². The van der Waals surface area contributed by atoms with Gasteiger partial charge in [-0.1, -0.05) is 42.5 Å². The maximum Gasteiger partial charge on any atom is 0.524 e. The average molecular weight is 395 g/mol. The Kier molecular flexibility index (Phi) is 3.66. The van der Waals surface area contributed by atoms with E-state index in [1.54, 1.807) is 6.07 Å². The topological polar surface area (TPSA) is 40.6 Å². The zero-order chi connectivity index (χ0) is 20.9. The zero-order valence-corrected chi connectivity index (χ0v) is 16.4. The van der Waals surface area contributed by atoms with Gasteiger partial charge in [0.05, 0.1) is 18.3 Å². The van der Waals surface area contributed by atoms with E-state index in [0.29, 0.717) is 11.3 Å². The van der Waals surface area contributed by atoms with Crippen molar-refractivity contribution in [3.63, 3.8) is 0 Å². The van der Waals surface area contributed by atoms with Crippen molar-refractivity contribution >= 4 is 29.6 Å². The molecule has 2 heterocycles. The summed E-state index contributed by atoms with van der Waals surface area (Å²) in [6.45, 7) is 7.36. The number of nitrogens with zero attached hydrogens (tertiary/aromatic N) is 3. The van der Waals surface area contributed by atoms with Crippen LogP contribution in [0.1, 0.15) is 5.56 Å². The first-order valence-electron chi connectivity index (χ1n) is 9.98. The second-order valence-corrected chi connectivity index (χ2v) is 7.62. The molecule has 142 valence electrons. The van der Waals surface area contributed by atoms with Crippen LogP contribution in [0.2, 0.25) is 0 Å². The fraction of sp³-hybridized carbons (Fsp3) is 0. The predicted molar refractivity (Wildman–Crippen MR) is 123 cm³/mol. The highest BCUT2D eigenvalue weighted by atomic mass is 16.5. The summed E-state index contributed by atoms with van der Waals surface area (Å²) in [5, 5.41) is 9.36. The first kappa shape index (κ1) is 17.4. The van der Waals surface area contributed by atoms with Crippen LogP contribution in [0.3, 0.4) is 0 Å². The van der Waals surface area contributed by atoms with E-state index in [1.807, 2.05) is 48.5 Å². The summed E-state index contributed by atoms with van der Waals surface area (Å²) in [6.07, 6.45) is 0. The Morgan fingerprint density at radius 2 is 1.65 bits per heavy atom. The van der Waals surface area contributed by atoms with Gasteiger partial charge in [0.2, 0.25) is 0 Å². The summed E-state index contributed by atoms with van der Waals surface area (Å²) in [5.74, 6) is 0.877. The molecule has 2 aliphatic rings. The van der Waals surface area contributed by atoms with Crippen LogP contribution in [-0.4, -0.2) is 7.05 Å². The van der Waals surface area contributed by atoms with Gasteiger partial charge in [-0.2, -0.15) is 5.26 Å². The SMILES string of the molecule is [C-]#[N+]c1cc(C#N)cc(-c2ccc3c(c2)-c2ccccc2N2B3Oc3ccccc32)c1. The molecule has 0 aromatic heterocycles. The molecule has 6 rings (SSSR count). The Labute approximate surface area is 180 Å². The molecule has 0 bridgehead atoms. The second kappa shape index (κ2) is 6.52. The van der Waals surface area contributed by atoms with Crippen LogP contribution < -0.4 is 14.9 Å². The van der Waals surface area contributed by atoms with E-state index in [1.165, 1.54) is 0 Å². The number of anilines is 2. The third-order valence-corrected chi connectivity index (χ3v) is 5.88. The van der Waals surface area contributed by atoms with Gasteiger partial charge in [-0.25, -0.2) is 4.85 Å². The van der Waals surface area contributed by atoms with E-state index >= 15 is 0 Å². The third kappa shape index (κ3) is 2.54. The number of hydrogen-bond acceptors (Lipinski definition) is 3. The van der Waals surface area contributed by atoms with E-state index in [-0.39, 0.29) is 7.05 Å². The van der Waals surface area contributed by atoms with Gasteiger partial charge in [0, 0.05) is 16.8 Å². The fourth-order valence-corrected chi connectivity index (χ4v) is 4.52. The van der Waals surface area contributed by atoms with E-state index in [0.717, 1.165) is 44.8 Å². The Bertz CT molecular complexity index is 1430. The lowest BCUT2D eigenvalue weighted by atomic mass is 9.64. The monoisotopic (exact) mass is 395 g/mol. The Hall–Kier alpha value is -4.48. The van der Waals surface area contributed by atoms with Crippen LogP contribution in [0.25, 0.3) is 27.1 Å². The van der Waals surface area contributed by atoms with Crippen molar-refractivity contribution in [2.45, 2.75) is 0 Å². The lowest BCUT2D eigenvalue weighted by Gasteiger charge is -2.31. The lowest BCUT2D eigenvalue weighted by molar-refractivity contribution is 0.603. The van der Waals surface area contributed by atoms with E-state index < -0.39 is 0 Å². The molecule has 5 heteroatoms. The summed E-state index contributed by atoms with van der Waals surface area (Å²) >= 11 is 0. The van der Waals surface area contributed by atoms with Crippen LogP contribution in [0.5, 0.6) is 5.75 Å². The number of fused-ring (bicyclic) bond motifs is 8. The van der Waals surface area contributed by atoms with Gasteiger partial charge >= 0.3 is 7.05 Å². The Morgan fingerprint density at radius 1 is 0.839 bits per heavy atom. The molecule has 0 saturated heterocycles. The summed E-state index contributed by atoms with van der Waals surface area (Å²) in [4.78, 5) is 5.78. The lowest BCUT2D eigenvalue weighted by Crippen LogP contribution is -2.50. The van der Waals surface area contributed by atoms with Gasteiger partial charge < -0.3 is 9.47 Å². The van der Waals surface area contributed by atoms with Gasteiger partial charge in [-0.05, 0) is 64.6 Å². The molecule has 4 nitrogen and oxygen atoms in total. The fourth-order valence-electron chi connectivity index (χ4n) is 4.52. The highest BCUT2D eigenvalue weighted by molar-refractivity contribution is 6.77. The quantitative estimate of drug-likeness (QED) is 0.308. The second-order valence-electron chi connectivity index (χ2n) is 7.62. The smallest absolute Gasteiger partial charge is 0.524 e. The summed E-state index contributed by atoms with van der Waals surface area (Å²) in [5.41, 5.74) is 8.30. The van der Waals surface area contributed by atoms with Crippen LogP contribution >= 0.6 is 0 Å². The molecule has 0 atom stereocenters. The van der Waals surface area contributed by atoms with Crippen molar-refractivity contribution in [3.05, 3.63) is 102 Å². The minimum atomic E-state index is -0.222. The maximum atomic E-state index is 9.36. The van der Waals surface area contributed by atoms with Gasteiger partial charge in [0.15, 0.2) is 5.69 Å². The van der Waals surface area contributed by atoms with Gasteiger partial charge in [0.25, 0.3) is 0 Å². The average Bonchev–Trinajstić information content (AvgIpc) is 3.23. The van der Waals surface area contributed by atoms with Gasteiger partial charge in [0.1, 0.15) is 5.75 Å². The molecule has 2 aliphatic heterocycles. The van der Waals surface area contributed by atoms with Crippen LogP contribution in [0.4, 0.5) is 17.1 Å². The molecular weight excluding hydrogens is 381 g/mol. The van der Waals surface area contributed by atoms with E-state index in [4.69, 9.17) is 11.2 Å². The van der Waals surface area contributed by atoms with Crippen LogP contribution in [-0.2, 0) is 0 Å². The molecule has 4 aromatic carbocycles. The van der Waals surface area contributed by atoms with Crippen molar-refractivity contribution in [3.8, 4) is 34.1 Å². The van der Waals surface area contributed by atoms with Crippen molar-refractivity contribution in [1.82, 2.24) is 0 Å². The Morgan fingerprint density at radius 3 is 2.48 bits per heavy atom. The molecule has 0 fully saturated rings.